The van der Waals surface area contributed by atoms with Gasteiger partial charge >= 0.3 is 6.36 Å². The number of hydrogen-bond donors (Lipinski definition) is 1. The molecule has 1 amide bonds. The van der Waals surface area contributed by atoms with Gasteiger partial charge in [-0.15, -0.1) is 13.2 Å². The molecule has 0 unspecified atom stereocenters. The molecule has 1 aromatic heterocycles. The molecule has 0 spiro atoms. The lowest BCUT2D eigenvalue weighted by Crippen LogP contribution is -2.49. The maximum Gasteiger partial charge on any atom is 0.573 e. The van der Waals surface area contributed by atoms with Crippen molar-refractivity contribution >= 4 is 17.4 Å². The number of ketones is 1. The largest absolute Gasteiger partial charge is 0.573 e. The normalized spacial score (nSPS) is 17.6. The molecule has 1 aromatic carbocycles. The second-order valence-electron chi connectivity index (χ2n) is 8.98. The molecule has 2 aliphatic rings. The Hall–Kier alpha value is -2.85. The number of carbonyl (C=O) groups excluding carboxylic acids is 2. The Morgan fingerprint density at radius 1 is 1.00 bits per heavy atom. The average molecular weight is 479 g/mol. The highest BCUT2D eigenvalue weighted by atomic mass is 19.4. The predicted molar refractivity (Wildman–Crippen MR) is 121 cm³/mol. The lowest BCUT2D eigenvalue weighted by atomic mass is 10.1. The van der Waals surface area contributed by atoms with E-state index >= 15 is 0 Å². The Bertz CT molecular complexity index is 1040. The van der Waals surface area contributed by atoms with Gasteiger partial charge in [0.25, 0.3) is 0 Å². The monoisotopic (exact) mass is 478 g/mol. The summed E-state index contributed by atoms with van der Waals surface area (Å²) in [6.45, 7) is 7.28. The zero-order chi connectivity index (χ0) is 24.5. The number of halogens is 3. The van der Waals surface area contributed by atoms with Gasteiger partial charge in [0.1, 0.15) is 5.75 Å². The molecule has 2 fully saturated rings. The minimum atomic E-state index is -4.75. The number of aromatic nitrogens is 1. The first-order valence-electron chi connectivity index (χ1n) is 11.4. The molecule has 0 radical (unpaired) electrons. The number of amides is 1. The van der Waals surface area contributed by atoms with Crippen LogP contribution in [-0.2, 0) is 4.79 Å². The van der Waals surface area contributed by atoms with Crippen LogP contribution >= 0.6 is 0 Å². The van der Waals surface area contributed by atoms with Crippen LogP contribution in [-0.4, -0.2) is 71.7 Å². The second-order valence-corrected chi connectivity index (χ2v) is 8.98. The van der Waals surface area contributed by atoms with Gasteiger partial charge in [0.15, 0.2) is 5.78 Å². The van der Waals surface area contributed by atoms with Crippen LogP contribution in [0.15, 0.2) is 30.3 Å². The van der Waals surface area contributed by atoms with Gasteiger partial charge < -0.3 is 14.6 Å². The number of benzene rings is 1. The van der Waals surface area contributed by atoms with Gasteiger partial charge in [-0.3, -0.25) is 19.4 Å². The summed E-state index contributed by atoms with van der Waals surface area (Å²) in [5.41, 5.74) is 3.39. The van der Waals surface area contributed by atoms with Crippen molar-refractivity contribution in [3.8, 4) is 5.75 Å². The lowest BCUT2D eigenvalue weighted by molar-refractivity contribution is -0.274. The quantitative estimate of drug-likeness (QED) is 0.585. The van der Waals surface area contributed by atoms with Crippen molar-refractivity contribution < 1.29 is 27.5 Å². The van der Waals surface area contributed by atoms with Crippen molar-refractivity contribution in [1.29, 1.82) is 0 Å². The third kappa shape index (κ3) is 6.18. The van der Waals surface area contributed by atoms with Crippen LogP contribution in [0, 0.1) is 13.8 Å². The molecule has 0 bridgehead atoms. The smallest absolute Gasteiger partial charge is 0.406 e. The number of nitrogens with zero attached hydrogens (tertiary/aromatic N) is 3. The van der Waals surface area contributed by atoms with Crippen LogP contribution in [0.1, 0.15) is 40.6 Å². The molecule has 2 heterocycles. The minimum Gasteiger partial charge on any atom is -0.406 e. The standard InChI is InChI=1S/C24H29F3N4O3/c1-16-13-21(17(2)31(16)19-5-6-19)22(32)14-29-9-11-30(12-10-29)15-23(33)28-18-3-7-20(8-4-18)34-24(25,26)27/h3-4,7-8,13,19H,5-6,9-12,14-15H2,1-2H3,(H,28,33). The van der Waals surface area contributed by atoms with Gasteiger partial charge in [-0.1, -0.05) is 0 Å². The van der Waals surface area contributed by atoms with Crippen LogP contribution in [0.5, 0.6) is 5.75 Å². The van der Waals surface area contributed by atoms with Crippen molar-refractivity contribution in [2.75, 3.05) is 44.6 Å². The van der Waals surface area contributed by atoms with E-state index in [1.807, 2.05) is 17.9 Å². The molecule has 1 saturated carbocycles. The number of rotatable bonds is 8. The number of carbonyl (C=O) groups is 2. The van der Waals surface area contributed by atoms with Gasteiger partial charge in [0.05, 0.1) is 13.1 Å². The van der Waals surface area contributed by atoms with E-state index in [1.54, 1.807) is 0 Å². The summed E-state index contributed by atoms with van der Waals surface area (Å²) < 4.78 is 42.8. The highest BCUT2D eigenvalue weighted by molar-refractivity contribution is 5.99. The van der Waals surface area contributed by atoms with Crippen LogP contribution in [0.3, 0.4) is 0 Å². The Labute approximate surface area is 196 Å². The van der Waals surface area contributed by atoms with Crippen LogP contribution in [0.2, 0.25) is 0 Å². The summed E-state index contributed by atoms with van der Waals surface area (Å²) in [6, 6.07) is 7.58. The van der Waals surface area contributed by atoms with Gasteiger partial charge in [0.2, 0.25) is 5.91 Å². The summed E-state index contributed by atoms with van der Waals surface area (Å²) in [5, 5.41) is 2.68. The fourth-order valence-electron chi connectivity index (χ4n) is 4.49. The number of anilines is 1. The molecule has 10 heteroatoms. The van der Waals surface area contributed by atoms with E-state index in [2.05, 4.69) is 26.4 Å². The highest BCUT2D eigenvalue weighted by Crippen LogP contribution is 2.38. The molecule has 2 aromatic rings. The van der Waals surface area contributed by atoms with Crippen molar-refractivity contribution in [2.24, 2.45) is 0 Å². The SMILES string of the molecule is Cc1cc(C(=O)CN2CCN(CC(=O)Nc3ccc(OC(F)(F)F)cc3)CC2)c(C)n1C1CC1. The van der Waals surface area contributed by atoms with Crippen molar-refractivity contribution in [1.82, 2.24) is 14.4 Å². The molecule has 7 nitrogen and oxygen atoms in total. The van der Waals surface area contributed by atoms with E-state index < -0.39 is 6.36 Å². The van der Waals surface area contributed by atoms with Crippen LogP contribution < -0.4 is 10.1 Å². The Morgan fingerprint density at radius 3 is 2.15 bits per heavy atom. The number of alkyl halides is 3. The molecular weight excluding hydrogens is 449 g/mol. The van der Waals surface area contributed by atoms with Gasteiger partial charge in [-0.05, 0) is 57.0 Å². The molecule has 0 atom stereocenters. The first-order valence-corrected chi connectivity index (χ1v) is 11.4. The third-order valence-electron chi connectivity index (χ3n) is 6.27. The Morgan fingerprint density at radius 2 is 1.59 bits per heavy atom. The number of piperazine rings is 1. The molecule has 1 aliphatic heterocycles. The molecule has 1 N–H and O–H groups in total. The first-order chi connectivity index (χ1) is 16.1. The first kappa shape index (κ1) is 24.3. The van der Waals surface area contributed by atoms with E-state index in [9.17, 15) is 22.8 Å². The third-order valence-corrected chi connectivity index (χ3v) is 6.27. The molecule has 1 aliphatic carbocycles. The number of Topliss-reactive ketones (excluding diaryl/α,β-unsaturated/α-hetero) is 1. The Balaban J connectivity index is 1.21. The summed E-state index contributed by atoms with van der Waals surface area (Å²) in [5.74, 6) is -0.462. The van der Waals surface area contributed by atoms with Crippen molar-refractivity contribution in [3.05, 3.63) is 47.3 Å². The molecular formula is C24H29F3N4O3. The second kappa shape index (κ2) is 9.79. The number of ether oxygens (including phenoxy) is 1. The van der Waals surface area contributed by atoms with Crippen LogP contribution in [0.25, 0.3) is 0 Å². The maximum atomic E-state index is 12.9. The van der Waals surface area contributed by atoms with Crippen molar-refractivity contribution in [3.63, 3.8) is 0 Å². The minimum absolute atomic E-state index is 0.129. The Kier molecular flexibility index (Phi) is 6.99. The number of hydrogen-bond acceptors (Lipinski definition) is 5. The molecule has 184 valence electrons. The molecule has 1 saturated heterocycles. The summed E-state index contributed by atoms with van der Waals surface area (Å²) in [4.78, 5) is 29.3. The van der Waals surface area contributed by atoms with E-state index in [0.29, 0.717) is 44.5 Å². The topological polar surface area (TPSA) is 66.8 Å². The summed E-state index contributed by atoms with van der Waals surface area (Å²) in [7, 11) is 0. The lowest BCUT2D eigenvalue weighted by Gasteiger charge is -2.33. The fraction of sp³-hybridized carbons (Fsp3) is 0.500. The molecule has 4 rings (SSSR count). The zero-order valence-corrected chi connectivity index (χ0v) is 19.3. The van der Waals surface area contributed by atoms with E-state index in [4.69, 9.17) is 0 Å². The van der Waals surface area contributed by atoms with E-state index in [-0.39, 0.29) is 24.0 Å². The van der Waals surface area contributed by atoms with E-state index in [1.165, 1.54) is 25.0 Å². The van der Waals surface area contributed by atoms with Gasteiger partial charge in [0, 0.05) is 54.9 Å². The fourth-order valence-corrected chi connectivity index (χ4v) is 4.49. The zero-order valence-electron chi connectivity index (χ0n) is 19.3. The summed E-state index contributed by atoms with van der Waals surface area (Å²) in [6.07, 6.45) is -2.40. The molecule has 34 heavy (non-hydrogen) atoms. The summed E-state index contributed by atoms with van der Waals surface area (Å²) >= 11 is 0. The average Bonchev–Trinajstić information content (AvgIpc) is 3.54. The van der Waals surface area contributed by atoms with E-state index in [0.717, 1.165) is 29.1 Å². The maximum absolute atomic E-state index is 12.9. The predicted octanol–water partition coefficient (Wildman–Crippen LogP) is 3.78. The number of nitrogens with one attached hydrogen (secondary N) is 1. The van der Waals surface area contributed by atoms with Gasteiger partial charge in [-0.25, -0.2) is 0 Å². The van der Waals surface area contributed by atoms with Gasteiger partial charge in [-0.2, -0.15) is 0 Å². The highest BCUT2D eigenvalue weighted by Gasteiger charge is 2.31. The van der Waals surface area contributed by atoms with Crippen molar-refractivity contribution in [2.45, 2.75) is 39.1 Å². The number of aryl methyl sites for hydroxylation is 1. The van der Waals surface area contributed by atoms with Crippen LogP contribution in [0.4, 0.5) is 18.9 Å².